The largest absolute Gasteiger partial charge is 0.478 e. The number of thiocarbonyl (C=S) groups is 1. The number of hydrogen-bond donors (Lipinski definition) is 1. The number of halogens is 1. The van der Waals surface area contributed by atoms with Crippen LogP contribution in [0.25, 0.3) is 17.4 Å². The summed E-state index contributed by atoms with van der Waals surface area (Å²) < 4.78 is 6.29. The lowest BCUT2D eigenvalue weighted by molar-refractivity contribution is -0.113. The number of rotatable bonds is 4. The van der Waals surface area contributed by atoms with Crippen molar-refractivity contribution in [3.63, 3.8) is 0 Å². The molecule has 0 aliphatic carbocycles. The van der Waals surface area contributed by atoms with Crippen LogP contribution in [0.2, 0.25) is 5.02 Å². The van der Waals surface area contributed by atoms with Gasteiger partial charge in [0.25, 0.3) is 5.91 Å². The van der Waals surface area contributed by atoms with Gasteiger partial charge in [0.05, 0.1) is 16.2 Å². The van der Waals surface area contributed by atoms with Gasteiger partial charge in [0, 0.05) is 16.7 Å². The standard InChI is InChI=1S/C22H14ClNO4S2/c1-12-2-3-13(21(26)27)10-17(12)18-9-8-16(28-18)11-19-20(25)24(22(29)30-19)15-6-4-14(23)5-7-15/h2-11H,1H3,(H,26,27)/b19-11+. The smallest absolute Gasteiger partial charge is 0.335 e. The van der Waals surface area contributed by atoms with Crippen molar-refractivity contribution in [2.24, 2.45) is 0 Å². The quantitative estimate of drug-likeness (QED) is 0.383. The second-order valence-electron chi connectivity index (χ2n) is 6.53. The lowest BCUT2D eigenvalue weighted by Crippen LogP contribution is -2.27. The number of thioether (sulfide) groups is 1. The van der Waals surface area contributed by atoms with E-state index in [1.54, 1.807) is 60.7 Å². The van der Waals surface area contributed by atoms with Crippen LogP contribution in [-0.2, 0) is 4.79 Å². The Labute approximate surface area is 186 Å². The number of furan rings is 1. The number of carbonyl (C=O) groups is 2. The fourth-order valence-corrected chi connectivity index (χ4v) is 4.41. The molecule has 1 aliphatic heterocycles. The van der Waals surface area contributed by atoms with Crippen LogP contribution < -0.4 is 4.90 Å². The molecule has 5 nitrogen and oxygen atoms in total. The maximum atomic E-state index is 12.9. The van der Waals surface area contributed by atoms with E-state index in [-0.39, 0.29) is 11.5 Å². The number of hydrogen-bond acceptors (Lipinski definition) is 5. The maximum absolute atomic E-state index is 12.9. The van der Waals surface area contributed by atoms with Crippen molar-refractivity contribution in [2.45, 2.75) is 6.92 Å². The first kappa shape index (κ1) is 20.4. The van der Waals surface area contributed by atoms with Crippen molar-refractivity contribution in [3.8, 4) is 11.3 Å². The van der Waals surface area contributed by atoms with E-state index in [1.807, 2.05) is 6.92 Å². The first-order valence-electron chi connectivity index (χ1n) is 8.81. The van der Waals surface area contributed by atoms with Crippen LogP contribution in [0.5, 0.6) is 0 Å². The Bertz CT molecular complexity index is 1210. The number of amides is 1. The molecule has 4 rings (SSSR count). The zero-order valence-electron chi connectivity index (χ0n) is 15.6. The van der Waals surface area contributed by atoms with E-state index in [4.69, 9.17) is 28.2 Å². The molecule has 1 amide bonds. The molecule has 2 aromatic carbocycles. The molecule has 8 heteroatoms. The van der Waals surface area contributed by atoms with Crippen LogP contribution in [0.1, 0.15) is 21.7 Å². The van der Waals surface area contributed by atoms with E-state index in [9.17, 15) is 14.7 Å². The van der Waals surface area contributed by atoms with Gasteiger partial charge in [-0.2, -0.15) is 0 Å². The molecular weight excluding hydrogens is 442 g/mol. The summed E-state index contributed by atoms with van der Waals surface area (Å²) >= 11 is 12.5. The average Bonchev–Trinajstić information content (AvgIpc) is 3.27. The highest BCUT2D eigenvalue weighted by Crippen LogP contribution is 2.37. The van der Waals surface area contributed by atoms with Crippen molar-refractivity contribution in [3.05, 3.63) is 81.4 Å². The van der Waals surface area contributed by atoms with E-state index in [2.05, 4.69) is 0 Å². The molecule has 0 spiro atoms. The number of carboxylic acids is 1. The Morgan fingerprint density at radius 3 is 2.60 bits per heavy atom. The second kappa shape index (κ2) is 8.10. The predicted molar refractivity (Wildman–Crippen MR) is 123 cm³/mol. The molecule has 0 saturated carbocycles. The normalized spacial score (nSPS) is 15.3. The number of anilines is 1. The fourth-order valence-electron chi connectivity index (χ4n) is 3.01. The van der Waals surface area contributed by atoms with Crippen LogP contribution in [0.4, 0.5) is 5.69 Å². The number of aryl methyl sites for hydroxylation is 1. The number of nitrogens with zero attached hydrogens (tertiary/aromatic N) is 1. The minimum Gasteiger partial charge on any atom is -0.478 e. The highest BCUT2D eigenvalue weighted by molar-refractivity contribution is 8.27. The van der Waals surface area contributed by atoms with Gasteiger partial charge in [0.2, 0.25) is 0 Å². The molecule has 3 aromatic rings. The second-order valence-corrected chi connectivity index (χ2v) is 8.64. The van der Waals surface area contributed by atoms with Crippen molar-refractivity contribution < 1.29 is 19.1 Å². The highest BCUT2D eigenvalue weighted by Gasteiger charge is 2.33. The molecule has 2 heterocycles. The van der Waals surface area contributed by atoms with Gasteiger partial charge in [-0.25, -0.2) is 4.79 Å². The van der Waals surface area contributed by atoms with Gasteiger partial charge in [-0.3, -0.25) is 9.69 Å². The lowest BCUT2D eigenvalue weighted by atomic mass is 10.0. The number of aromatic carboxylic acids is 1. The average molecular weight is 456 g/mol. The van der Waals surface area contributed by atoms with Gasteiger partial charge in [-0.15, -0.1) is 0 Å². The summed E-state index contributed by atoms with van der Waals surface area (Å²) in [6.07, 6.45) is 1.63. The summed E-state index contributed by atoms with van der Waals surface area (Å²) in [5, 5.41) is 9.80. The summed E-state index contributed by atoms with van der Waals surface area (Å²) in [6, 6.07) is 15.2. The Kier molecular flexibility index (Phi) is 5.51. The van der Waals surface area contributed by atoms with E-state index < -0.39 is 5.97 Å². The van der Waals surface area contributed by atoms with Gasteiger partial charge in [0.15, 0.2) is 4.32 Å². The molecule has 1 N–H and O–H groups in total. The van der Waals surface area contributed by atoms with Crippen LogP contribution in [0, 0.1) is 6.92 Å². The van der Waals surface area contributed by atoms with Crippen LogP contribution in [-0.4, -0.2) is 21.3 Å². The Morgan fingerprint density at radius 2 is 1.90 bits per heavy atom. The summed E-state index contributed by atoms with van der Waals surface area (Å²) in [4.78, 5) is 26.0. The van der Waals surface area contributed by atoms with Crippen LogP contribution in [0.15, 0.2) is 63.9 Å². The molecule has 0 atom stereocenters. The number of benzene rings is 2. The lowest BCUT2D eigenvalue weighted by Gasteiger charge is -2.14. The molecule has 1 aromatic heterocycles. The van der Waals surface area contributed by atoms with E-state index in [0.29, 0.717) is 37.0 Å². The van der Waals surface area contributed by atoms with Crippen molar-refractivity contribution in [1.29, 1.82) is 0 Å². The molecule has 0 bridgehead atoms. The van der Waals surface area contributed by atoms with Gasteiger partial charge >= 0.3 is 5.97 Å². The molecule has 30 heavy (non-hydrogen) atoms. The van der Waals surface area contributed by atoms with Crippen LogP contribution >= 0.6 is 35.6 Å². The summed E-state index contributed by atoms with van der Waals surface area (Å²) in [6.45, 7) is 1.88. The van der Waals surface area contributed by atoms with E-state index >= 15 is 0 Å². The SMILES string of the molecule is Cc1ccc(C(=O)O)cc1-c1ccc(/C=C2/SC(=S)N(c3ccc(Cl)cc3)C2=O)o1. The van der Waals surface area contributed by atoms with Crippen molar-refractivity contribution in [1.82, 2.24) is 0 Å². The van der Waals surface area contributed by atoms with Gasteiger partial charge in [-0.05, 0) is 61.0 Å². The van der Waals surface area contributed by atoms with Gasteiger partial charge in [0.1, 0.15) is 11.5 Å². The Hall–Kier alpha value is -2.87. The predicted octanol–water partition coefficient (Wildman–Crippen LogP) is 6.01. The Morgan fingerprint density at radius 1 is 1.17 bits per heavy atom. The third-order valence-corrected chi connectivity index (χ3v) is 6.08. The zero-order valence-corrected chi connectivity index (χ0v) is 18.0. The minimum atomic E-state index is -1.01. The highest BCUT2D eigenvalue weighted by atomic mass is 35.5. The first-order valence-corrected chi connectivity index (χ1v) is 10.4. The monoisotopic (exact) mass is 455 g/mol. The molecule has 0 radical (unpaired) electrons. The zero-order chi connectivity index (χ0) is 21.4. The summed E-state index contributed by atoms with van der Waals surface area (Å²) in [5.41, 5.74) is 2.39. The third-order valence-electron chi connectivity index (χ3n) is 4.53. The van der Waals surface area contributed by atoms with Crippen LogP contribution in [0.3, 0.4) is 0 Å². The molecule has 0 unspecified atom stereocenters. The molecule has 150 valence electrons. The van der Waals surface area contributed by atoms with Crippen molar-refractivity contribution in [2.75, 3.05) is 4.90 Å². The minimum absolute atomic E-state index is 0.178. The maximum Gasteiger partial charge on any atom is 0.335 e. The van der Waals surface area contributed by atoms with Crippen molar-refractivity contribution >= 4 is 63.5 Å². The molecule has 1 saturated heterocycles. The number of carbonyl (C=O) groups excluding carboxylic acids is 1. The molecule has 1 aliphatic rings. The fraction of sp³-hybridized carbons (Fsp3) is 0.0455. The summed E-state index contributed by atoms with van der Waals surface area (Å²) in [5.74, 6) is -0.250. The Balaban J connectivity index is 1.63. The topological polar surface area (TPSA) is 70.8 Å². The summed E-state index contributed by atoms with van der Waals surface area (Å²) in [7, 11) is 0. The third kappa shape index (κ3) is 3.92. The first-order chi connectivity index (χ1) is 14.3. The molecular formula is C22H14ClNO4S2. The number of carboxylic acid groups (broad SMARTS) is 1. The van der Waals surface area contributed by atoms with Gasteiger partial charge < -0.3 is 9.52 Å². The van der Waals surface area contributed by atoms with E-state index in [1.165, 1.54) is 16.7 Å². The molecule has 1 fully saturated rings. The van der Waals surface area contributed by atoms with Gasteiger partial charge in [-0.1, -0.05) is 41.6 Å². The van der Waals surface area contributed by atoms with E-state index in [0.717, 1.165) is 5.56 Å².